The highest BCUT2D eigenvalue weighted by Gasteiger charge is 2.68. The normalized spacial score (nSPS) is 32.7. The van der Waals surface area contributed by atoms with E-state index in [1.54, 1.807) is 6.92 Å². The Labute approximate surface area is 201 Å². The number of halogens is 6. The molecular formula is C26H34F6O3. The van der Waals surface area contributed by atoms with Crippen LogP contribution in [0.4, 0.5) is 26.3 Å². The lowest BCUT2D eigenvalue weighted by Crippen LogP contribution is -2.55. The minimum Gasteiger partial charge on any atom is -0.393 e. The number of hydrogen-bond donors (Lipinski definition) is 3. The first-order chi connectivity index (χ1) is 16.1. The number of hydrogen-bond acceptors (Lipinski definition) is 3. The summed E-state index contributed by atoms with van der Waals surface area (Å²) in [6, 6.07) is 0. The largest absolute Gasteiger partial charge is 0.429 e. The van der Waals surface area contributed by atoms with Crippen LogP contribution in [-0.2, 0) is 0 Å². The van der Waals surface area contributed by atoms with Gasteiger partial charge in [-0.05, 0) is 74.7 Å². The number of allylic oxidation sites excluding steroid dienone is 6. The quantitative estimate of drug-likeness (QED) is 0.301. The first kappa shape index (κ1) is 28.0. The summed E-state index contributed by atoms with van der Waals surface area (Å²) >= 11 is 0. The van der Waals surface area contributed by atoms with Gasteiger partial charge in [-0.1, -0.05) is 54.9 Å². The molecule has 2 saturated carbocycles. The molecule has 3 rings (SSSR count). The van der Waals surface area contributed by atoms with Gasteiger partial charge in [0.05, 0.1) is 12.2 Å². The van der Waals surface area contributed by atoms with Gasteiger partial charge in [0.25, 0.3) is 5.60 Å². The third kappa shape index (κ3) is 5.72. The van der Waals surface area contributed by atoms with Gasteiger partial charge in [-0.2, -0.15) is 26.3 Å². The molecule has 0 saturated heterocycles. The van der Waals surface area contributed by atoms with Gasteiger partial charge in [-0.15, -0.1) is 0 Å². The second-order valence-electron chi connectivity index (χ2n) is 10.5. The maximum Gasteiger partial charge on any atom is 0.429 e. The Morgan fingerprint density at radius 3 is 2.23 bits per heavy atom. The van der Waals surface area contributed by atoms with Crippen LogP contribution in [0.3, 0.4) is 0 Å². The van der Waals surface area contributed by atoms with E-state index in [0.717, 1.165) is 42.9 Å². The molecule has 3 nitrogen and oxygen atoms in total. The highest BCUT2D eigenvalue weighted by atomic mass is 19.4. The van der Waals surface area contributed by atoms with Crippen molar-refractivity contribution in [3.63, 3.8) is 0 Å². The molecule has 2 fully saturated rings. The lowest BCUT2D eigenvalue weighted by molar-refractivity contribution is -0.347. The summed E-state index contributed by atoms with van der Waals surface area (Å²) < 4.78 is 77.6. The van der Waals surface area contributed by atoms with E-state index in [1.165, 1.54) is 5.57 Å². The molecule has 0 spiro atoms. The first-order valence-electron chi connectivity index (χ1n) is 12.1. The van der Waals surface area contributed by atoms with Crippen LogP contribution in [-0.4, -0.2) is 45.5 Å². The summed E-state index contributed by atoms with van der Waals surface area (Å²) in [5, 5.41) is 29.2. The molecule has 9 heteroatoms. The van der Waals surface area contributed by atoms with Crippen LogP contribution < -0.4 is 0 Å². The molecule has 3 aliphatic rings. The van der Waals surface area contributed by atoms with Gasteiger partial charge in [0.1, 0.15) is 0 Å². The summed E-state index contributed by atoms with van der Waals surface area (Å²) in [6.45, 7) is 3.89. The first-order valence-corrected chi connectivity index (χ1v) is 12.1. The topological polar surface area (TPSA) is 60.7 Å². The van der Waals surface area contributed by atoms with E-state index in [-0.39, 0.29) is 29.7 Å². The molecule has 5 unspecified atom stereocenters. The molecule has 0 aromatic heterocycles. The van der Waals surface area contributed by atoms with Crippen molar-refractivity contribution in [1.82, 2.24) is 0 Å². The molecule has 0 bridgehead atoms. The Kier molecular flexibility index (Phi) is 8.04. The van der Waals surface area contributed by atoms with Crippen molar-refractivity contribution in [2.45, 2.75) is 95.4 Å². The SMILES string of the molecule is CC(C/C=C/C(O)(C(F)(F)F)C(F)(F)F)C1=CCC2/C(=C/C=C3CC(O)CC(O)C3)CCCC12C. The fourth-order valence-corrected chi connectivity index (χ4v) is 6.07. The van der Waals surface area contributed by atoms with Gasteiger partial charge in [0.2, 0.25) is 0 Å². The van der Waals surface area contributed by atoms with Crippen LogP contribution in [0.2, 0.25) is 0 Å². The number of fused-ring (bicyclic) bond motifs is 1. The van der Waals surface area contributed by atoms with Crippen molar-refractivity contribution >= 4 is 0 Å². The summed E-state index contributed by atoms with van der Waals surface area (Å²) in [5.74, 6) is -0.0939. The zero-order valence-corrected chi connectivity index (χ0v) is 20.0. The predicted molar refractivity (Wildman–Crippen MR) is 120 cm³/mol. The Balaban J connectivity index is 1.73. The van der Waals surface area contributed by atoms with E-state index < -0.39 is 30.2 Å². The molecule has 0 aromatic carbocycles. The Morgan fingerprint density at radius 1 is 1.06 bits per heavy atom. The molecule has 35 heavy (non-hydrogen) atoms. The van der Waals surface area contributed by atoms with E-state index in [4.69, 9.17) is 0 Å². The number of aliphatic hydroxyl groups is 3. The standard InChI is InChI=1S/C26H34F6O3/c1-16(5-3-12-24(35,25(27,28)29)26(30,31)32)21-9-10-22-18(6-4-11-23(21,22)2)8-7-17-13-19(33)15-20(34)14-17/h3,7-9,12,16,19-20,22,33-35H,4-6,10-11,13-15H2,1-2H3/b12-3+,17-7?,18-8+. The zero-order chi connectivity index (χ0) is 26.2. The van der Waals surface area contributed by atoms with Crippen molar-refractivity contribution in [2.75, 3.05) is 0 Å². The fraction of sp³-hybridized carbons (Fsp3) is 0.692. The second-order valence-corrected chi connectivity index (χ2v) is 10.5. The van der Waals surface area contributed by atoms with E-state index >= 15 is 0 Å². The monoisotopic (exact) mass is 508 g/mol. The molecule has 0 aromatic rings. The van der Waals surface area contributed by atoms with Crippen LogP contribution in [0, 0.1) is 17.3 Å². The molecule has 0 amide bonds. The van der Waals surface area contributed by atoms with E-state index in [1.807, 2.05) is 6.08 Å². The van der Waals surface area contributed by atoms with Gasteiger partial charge in [0, 0.05) is 0 Å². The van der Waals surface area contributed by atoms with E-state index in [2.05, 4.69) is 19.1 Å². The molecule has 0 heterocycles. The van der Waals surface area contributed by atoms with Crippen molar-refractivity contribution < 1.29 is 41.7 Å². The maximum atomic E-state index is 12.9. The minimum atomic E-state index is -5.86. The third-order valence-corrected chi connectivity index (χ3v) is 7.93. The molecule has 3 aliphatic carbocycles. The van der Waals surface area contributed by atoms with E-state index in [0.29, 0.717) is 19.3 Å². The number of rotatable bonds is 5. The number of alkyl halides is 6. The molecule has 5 atom stereocenters. The third-order valence-electron chi connectivity index (χ3n) is 7.93. The Morgan fingerprint density at radius 2 is 1.66 bits per heavy atom. The van der Waals surface area contributed by atoms with Gasteiger partial charge < -0.3 is 15.3 Å². The minimum absolute atomic E-state index is 0.0541. The van der Waals surface area contributed by atoms with Crippen molar-refractivity contribution in [3.05, 3.63) is 47.1 Å². The summed E-state index contributed by atoms with van der Waals surface area (Å²) in [7, 11) is 0. The van der Waals surface area contributed by atoms with Gasteiger partial charge in [0.15, 0.2) is 0 Å². The van der Waals surface area contributed by atoms with Crippen LogP contribution in [0.1, 0.15) is 65.2 Å². The molecular weight excluding hydrogens is 474 g/mol. The van der Waals surface area contributed by atoms with Gasteiger partial charge >= 0.3 is 12.4 Å². The predicted octanol–water partition coefficient (Wildman–Crippen LogP) is 6.32. The van der Waals surface area contributed by atoms with Gasteiger partial charge in [-0.25, -0.2) is 0 Å². The average Bonchev–Trinajstić information content (AvgIpc) is 3.07. The van der Waals surface area contributed by atoms with Crippen molar-refractivity contribution in [3.8, 4) is 0 Å². The highest BCUT2D eigenvalue weighted by Crippen LogP contribution is 2.57. The Bertz CT molecular complexity index is 872. The lowest BCUT2D eigenvalue weighted by Gasteiger charge is -2.42. The summed E-state index contributed by atoms with van der Waals surface area (Å²) in [4.78, 5) is 0. The molecule has 198 valence electrons. The Hall–Kier alpha value is -1.58. The van der Waals surface area contributed by atoms with Crippen LogP contribution in [0.25, 0.3) is 0 Å². The van der Waals surface area contributed by atoms with Crippen molar-refractivity contribution in [1.29, 1.82) is 0 Å². The molecule has 0 aliphatic heterocycles. The lowest BCUT2D eigenvalue weighted by atomic mass is 9.62. The highest BCUT2D eigenvalue weighted by molar-refractivity contribution is 5.35. The maximum absolute atomic E-state index is 12.9. The number of aliphatic hydroxyl groups excluding tert-OH is 2. The van der Waals surface area contributed by atoms with E-state index in [9.17, 15) is 41.7 Å². The summed E-state index contributed by atoms with van der Waals surface area (Å²) in [6.07, 6.45) is -1.33. The summed E-state index contributed by atoms with van der Waals surface area (Å²) in [5.41, 5.74) is -1.87. The fourth-order valence-electron chi connectivity index (χ4n) is 6.07. The molecule has 3 N–H and O–H groups in total. The van der Waals surface area contributed by atoms with Crippen LogP contribution >= 0.6 is 0 Å². The van der Waals surface area contributed by atoms with Crippen LogP contribution in [0.15, 0.2) is 47.1 Å². The van der Waals surface area contributed by atoms with Gasteiger partial charge in [-0.3, -0.25) is 0 Å². The zero-order valence-electron chi connectivity index (χ0n) is 20.0. The van der Waals surface area contributed by atoms with Crippen LogP contribution in [0.5, 0.6) is 0 Å². The second kappa shape index (κ2) is 10.1. The average molecular weight is 509 g/mol. The molecule has 0 radical (unpaired) electrons. The van der Waals surface area contributed by atoms with Crippen molar-refractivity contribution in [2.24, 2.45) is 17.3 Å². The smallest absolute Gasteiger partial charge is 0.393 e.